The molecule has 0 aliphatic carbocycles. The Labute approximate surface area is 490 Å². The lowest BCUT2D eigenvalue weighted by Crippen LogP contribution is -2.54. The second-order valence-corrected chi connectivity index (χ2v) is 22.3. The standard InChI is InChI=1S/C8H13NO2.2C7H12N2O2.C7H12N2O.C7H11NO3.C7H11NO2.C7H13NO.C6H11N3O/c1-6(2)9-7(10)4-3-5-8(9)11;1-5(2)9-6(10)3-8-4-7(9)11;1-5(2)9-6(10)3-4-8-7(9)11;1-6(2)9-5-8-4-3-7(9)10;1-5(2)8-6(9)3-4-11-7(8)10;1-5(2)8-6(9)3-4-7(8)10;1-6(2)8-5-3-4-7(8)9;1-5(2)9-6(10)3-4-7-8-9/h6H,3-5H2,1-2H3;5,8H,3-4H2,1-2H3;5H,3-4H2,1-2H3,(H,8,11);5-6H,3-4H2,1-2H3;5H,3-4H2,1-2H3;5H,3-4H2,1-2H3;6H,3-5H2,1-2H3;5H,3-4H2,1-2H3. The summed E-state index contributed by atoms with van der Waals surface area (Å²) in [6.07, 6.45) is 7.31. The summed E-state index contributed by atoms with van der Waals surface area (Å²) < 4.78 is 4.69. The molecular weight excluding hydrogens is 1080 g/mol. The molecule has 0 spiro atoms. The Hall–Kier alpha value is -7.06. The predicted octanol–water partition coefficient (Wildman–Crippen LogP) is 4.60. The average molecular weight is 1170 g/mol. The van der Waals surface area contributed by atoms with Crippen LogP contribution in [0.15, 0.2) is 15.3 Å². The lowest BCUT2D eigenvalue weighted by molar-refractivity contribution is -0.151. The van der Waals surface area contributed by atoms with Crippen LogP contribution in [0, 0.1) is 0 Å². The first-order chi connectivity index (χ1) is 38.8. The number of carbonyl (C=O) groups is 13. The molecule has 0 aromatic carbocycles. The summed E-state index contributed by atoms with van der Waals surface area (Å²) in [6, 6.07) is 0.414. The Balaban J connectivity index is 0.000000475. The van der Waals surface area contributed by atoms with E-state index in [0.29, 0.717) is 82.9 Å². The number of piperidine rings is 1. The number of ether oxygens (including phenoxy) is 1. The fourth-order valence-corrected chi connectivity index (χ4v) is 8.76. The minimum absolute atomic E-state index is 0.0166. The van der Waals surface area contributed by atoms with Gasteiger partial charge in [-0.15, -0.1) is 0 Å². The highest BCUT2D eigenvalue weighted by Gasteiger charge is 2.33. The van der Waals surface area contributed by atoms with Gasteiger partial charge in [0, 0.05) is 107 Å². The van der Waals surface area contributed by atoms with Gasteiger partial charge in [-0.3, -0.25) is 82.6 Å². The molecule has 6 fully saturated rings. The van der Waals surface area contributed by atoms with Crippen LogP contribution in [0.1, 0.15) is 181 Å². The first-order valence-electron chi connectivity index (χ1n) is 28.9. The molecule has 27 nitrogen and oxygen atoms in total. The Morgan fingerprint density at radius 1 is 0.410 bits per heavy atom. The van der Waals surface area contributed by atoms with Crippen LogP contribution in [0.2, 0.25) is 0 Å². The van der Waals surface area contributed by atoms with Crippen molar-refractivity contribution in [1.82, 2.24) is 49.9 Å². The zero-order valence-electron chi connectivity index (χ0n) is 52.1. The van der Waals surface area contributed by atoms with Gasteiger partial charge in [-0.05, 0) is 124 Å². The summed E-state index contributed by atoms with van der Waals surface area (Å²) in [4.78, 5) is 158. The van der Waals surface area contributed by atoms with Gasteiger partial charge in [0.05, 0.1) is 44.9 Å². The molecule has 0 unspecified atom stereocenters. The molecule has 14 amide bonds. The molecule has 6 saturated heterocycles. The third kappa shape index (κ3) is 25.1. The van der Waals surface area contributed by atoms with Gasteiger partial charge in [-0.1, -0.05) is 5.22 Å². The molecule has 27 heteroatoms. The van der Waals surface area contributed by atoms with Crippen molar-refractivity contribution in [3.05, 3.63) is 0 Å². The van der Waals surface area contributed by atoms with E-state index >= 15 is 0 Å². The van der Waals surface area contributed by atoms with Gasteiger partial charge >= 0.3 is 12.1 Å². The molecule has 0 aromatic rings. The first-order valence-corrected chi connectivity index (χ1v) is 28.9. The maximum Gasteiger partial charge on any atom is 0.416 e. The van der Waals surface area contributed by atoms with Crippen molar-refractivity contribution in [3.8, 4) is 0 Å². The second-order valence-electron chi connectivity index (χ2n) is 22.3. The molecule has 0 aromatic heterocycles. The third-order valence-electron chi connectivity index (χ3n) is 12.8. The highest BCUT2D eigenvalue weighted by Crippen LogP contribution is 2.17. The van der Waals surface area contributed by atoms with Crippen LogP contribution in [0.5, 0.6) is 0 Å². The molecule has 0 atom stereocenters. The number of piperazine rings is 1. The molecular formula is C56H95N13O14. The molecule has 8 rings (SSSR count). The number of rotatable bonds is 8. The topological polar surface area (TPSA) is 318 Å². The SMILES string of the molecule is CC(C)N1C(=O)CCC1=O.CC(C)N1C(=O)CCCC1=O.CC(C)N1C(=O)CCNC1=O.CC(C)N1C(=O)CCOC1=O.CC(C)N1C(=O)CNCC1=O.CC(C)N1C=NCCC1=O.CC(C)N1CCCC1=O.CC(C)N1N=NCCC1=O. The largest absolute Gasteiger partial charge is 0.449 e. The van der Waals surface area contributed by atoms with Crippen LogP contribution >= 0.6 is 0 Å². The number of nitrogens with one attached hydrogen (secondary N) is 2. The molecule has 0 saturated carbocycles. The van der Waals surface area contributed by atoms with E-state index in [2.05, 4.69) is 44.5 Å². The minimum atomic E-state index is -0.517. The van der Waals surface area contributed by atoms with Crippen LogP contribution in [-0.4, -0.2) is 217 Å². The highest BCUT2D eigenvalue weighted by atomic mass is 16.6. The summed E-state index contributed by atoms with van der Waals surface area (Å²) in [5, 5.41) is 14.2. The van der Waals surface area contributed by atoms with Crippen molar-refractivity contribution in [2.75, 3.05) is 45.9 Å². The Morgan fingerprint density at radius 2 is 0.855 bits per heavy atom. The number of likely N-dealkylation sites (tertiary alicyclic amines) is 3. The van der Waals surface area contributed by atoms with Crippen molar-refractivity contribution in [3.63, 3.8) is 0 Å². The number of amides is 14. The number of aliphatic imine (C=N–C) groups is 1. The van der Waals surface area contributed by atoms with E-state index in [0.717, 1.165) is 30.7 Å². The number of hydrogen-bond acceptors (Lipinski definition) is 18. The molecule has 8 aliphatic rings. The number of carbonyl (C=O) groups excluding carboxylic acids is 13. The summed E-state index contributed by atoms with van der Waals surface area (Å²) >= 11 is 0. The van der Waals surface area contributed by atoms with E-state index in [1.54, 1.807) is 25.1 Å². The fourth-order valence-electron chi connectivity index (χ4n) is 8.76. The van der Waals surface area contributed by atoms with Gasteiger partial charge in [-0.2, -0.15) is 5.11 Å². The predicted molar refractivity (Wildman–Crippen MR) is 307 cm³/mol. The van der Waals surface area contributed by atoms with E-state index in [1.165, 1.54) is 24.6 Å². The van der Waals surface area contributed by atoms with Gasteiger partial charge in [0.15, 0.2) is 0 Å². The molecule has 2 N–H and O–H groups in total. The normalized spacial score (nSPS) is 19.3. The van der Waals surface area contributed by atoms with Crippen LogP contribution in [0.3, 0.4) is 0 Å². The Morgan fingerprint density at radius 3 is 1.17 bits per heavy atom. The number of urea groups is 1. The van der Waals surface area contributed by atoms with Crippen LogP contribution in [0.25, 0.3) is 0 Å². The second kappa shape index (κ2) is 37.2. The maximum absolute atomic E-state index is 11.2. The lowest BCUT2D eigenvalue weighted by Gasteiger charge is -2.28. The van der Waals surface area contributed by atoms with Crippen LogP contribution in [0.4, 0.5) is 9.59 Å². The fraction of sp³-hybridized carbons (Fsp3) is 0.750. The van der Waals surface area contributed by atoms with Gasteiger partial charge in [0.2, 0.25) is 65.0 Å². The summed E-state index contributed by atoms with van der Waals surface area (Å²) in [5.74, 6) is 0.0139. The number of imide groups is 5. The van der Waals surface area contributed by atoms with Gasteiger partial charge in [0.25, 0.3) is 0 Å². The van der Waals surface area contributed by atoms with Crippen molar-refractivity contribution >= 4 is 83.4 Å². The quantitative estimate of drug-likeness (QED) is 0.314. The highest BCUT2D eigenvalue weighted by molar-refractivity contribution is 6.02. The van der Waals surface area contributed by atoms with E-state index in [-0.39, 0.29) is 127 Å². The van der Waals surface area contributed by atoms with E-state index < -0.39 is 6.09 Å². The zero-order chi connectivity index (χ0) is 63.4. The Bertz CT molecular complexity index is 2020. The monoisotopic (exact) mass is 1170 g/mol. The van der Waals surface area contributed by atoms with E-state index in [1.807, 2.05) is 88.0 Å². The molecule has 0 radical (unpaired) electrons. The van der Waals surface area contributed by atoms with Crippen LogP contribution in [-0.2, 0) is 57.5 Å². The van der Waals surface area contributed by atoms with Crippen molar-refractivity contribution < 1.29 is 67.1 Å². The molecule has 0 bridgehead atoms. The Kier molecular flexibility index (Phi) is 33.1. The van der Waals surface area contributed by atoms with Crippen molar-refractivity contribution in [1.29, 1.82) is 0 Å². The van der Waals surface area contributed by atoms with Crippen molar-refractivity contribution in [2.45, 2.75) is 230 Å². The smallest absolute Gasteiger partial charge is 0.416 e. The molecule has 83 heavy (non-hydrogen) atoms. The number of hydrogen-bond donors (Lipinski definition) is 2. The van der Waals surface area contributed by atoms with Crippen LogP contribution < -0.4 is 10.6 Å². The summed E-state index contributed by atoms with van der Waals surface area (Å²) in [5.41, 5.74) is 0. The lowest BCUT2D eigenvalue weighted by atomic mass is 10.1. The third-order valence-corrected chi connectivity index (χ3v) is 12.8. The van der Waals surface area contributed by atoms with Crippen molar-refractivity contribution in [2.24, 2.45) is 15.3 Å². The maximum atomic E-state index is 11.2. The van der Waals surface area contributed by atoms with E-state index in [4.69, 9.17) is 0 Å². The van der Waals surface area contributed by atoms with Gasteiger partial charge in [0.1, 0.15) is 6.61 Å². The zero-order valence-corrected chi connectivity index (χ0v) is 52.1. The van der Waals surface area contributed by atoms with E-state index in [9.17, 15) is 62.3 Å². The molecule has 8 aliphatic heterocycles. The summed E-state index contributed by atoms with van der Waals surface area (Å²) in [6.45, 7) is 33.6. The number of cyclic esters (lactones) is 1. The van der Waals surface area contributed by atoms with Gasteiger partial charge in [-0.25, -0.2) is 19.5 Å². The average Bonchev–Trinajstić information content (AvgIpc) is 3.98. The number of nitrogens with zero attached hydrogens (tertiary/aromatic N) is 11. The first kappa shape index (κ1) is 74.0. The molecule has 468 valence electrons. The van der Waals surface area contributed by atoms with Gasteiger partial charge < -0.3 is 19.9 Å². The molecule has 8 heterocycles. The minimum Gasteiger partial charge on any atom is -0.449 e. The summed E-state index contributed by atoms with van der Waals surface area (Å²) in [7, 11) is 0.